The van der Waals surface area contributed by atoms with Crippen molar-refractivity contribution in [3.05, 3.63) is 71.8 Å². The van der Waals surface area contributed by atoms with Crippen LogP contribution in [0.2, 0.25) is 0 Å². The molecule has 0 unspecified atom stereocenters. The van der Waals surface area contributed by atoms with Crippen molar-refractivity contribution in [2.45, 2.75) is 279 Å². The number of urea groups is 5. The summed E-state index contributed by atoms with van der Waals surface area (Å²) < 4.78 is 72.5. The van der Waals surface area contributed by atoms with Gasteiger partial charge in [-0.2, -0.15) is 33.0 Å². The number of nitrogens with one attached hydrogen (secondary N) is 5. The van der Waals surface area contributed by atoms with Gasteiger partial charge in [0.15, 0.2) is 0 Å². The Kier molecular flexibility index (Phi) is 43.3. The summed E-state index contributed by atoms with van der Waals surface area (Å²) in [5.41, 5.74) is 7.56. The molecule has 142 heavy (non-hydrogen) atoms. The Bertz CT molecular complexity index is 4750. The lowest BCUT2D eigenvalue weighted by Crippen LogP contribution is -2.52. The number of rotatable bonds is 39. The predicted octanol–water partition coefficient (Wildman–Crippen LogP) is 0.449. The normalized spacial score (nSPS) is 27.1. The summed E-state index contributed by atoms with van der Waals surface area (Å²) >= 11 is 0. The molecule has 4 radical (unpaired) electrons. The zero-order valence-corrected chi connectivity index (χ0v) is 83.1. The van der Waals surface area contributed by atoms with Crippen molar-refractivity contribution in [1.82, 2.24) is 95.6 Å². The van der Waals surface area contributed by atoms with Gasteiger partial charge in [0.05, 0.1) is 81.1 Å². The van der Waals surface area contributed by atoms with Crippen LogP contribution in [0.5, 0.6) is 0 Å². The number of carboxylic acid groups (broad SMARTS) is 1. The number of nitrogens with two attached hydrogens (primary N) is 1. The number of piperidine rings is 5. The van der Waals surface area contributed by atoms with Crippen molar-refractivity contribution in [3.63, 3.8) is 0 Å². The standard InChI is InChI=1S/C19H24BN4O4.C16H36N.C14H16N2O4.C12H18BN4O7S.C12H18BN4O4.C11H18N4O6S.C5H10BN2O/c25-13-20-22-9-8-15(10-22)21-18(26)17-7-6-16-11-23(17)19(27)24(16)28-12-14-4-2-1-3-5-14;1-5-9-13-17(14-10-6-2,15-11-7-3)16-12-8-4;17-13(18)12-7-6-11-8-15(12)14(19)16(11)20-9-10-4-2-1-3-5-10;18-7-13-15-4-3-8(5-15)14-11(19)10-2-1-9-6-16(10)12(20)17(9)24-25(21,22)23;18-7-13-15-4-3-8(5-15)14-11(19)10-2-1-9-6-16(10)12(20)17(9)21;16-10(13-7-3-4-12-5-7)9-2-1-8-6-14(9)11(17)15(8)21-22(18,19)20;7-5-1-2-8(3-5)6-4-9/h1-5,13,15-17H,6-12H2,(H,21,26);5-16H2,1-4H3;1-5,11-12H,6-9H2,(H,17,18);7-10H,1-6H2,(H,14,19)(H,21,22,23);7-10,21H,1-6H2,(H,14,19);7-9,12H,1-6H2,(H,13,16)(H,18,19,20);4-5H,1-3,7H2/q;+1;;;;;/p-1/t15-,16-,17+;;11-,12+;2*8-,9-,10+;7-,8-,9+;5-/m1.11111/s1. The number of carbonyl (C=O) groups excluding carboxylic acids is 13. The van der Waals surface area contributed by atoms with Gasteiger partial charge in [0.1, 0.15) is 43.4 Å². The molecule has 2 aromatic rings. The van der Waals surface area contributed by atoms with Gasteiger partial charge in [0.2, 0.25) is 34.0 Å². The van der Waals surface area contributed by atoms with E-state index in [1.54, 1.807) is 17.1 Å². The third-order valence-electron chi connectivity index (χ3n) is 28.3. The number of carbonyl (C=O) groups is 14. The average Bonchev–Trinajstić information content (AvgIpc) is 1.64. The molecular weight excluding hydrogens is 1890 g/mol. The summed E-state index contributed by atoms with van der Waals surface area (Å²) in [7, 11) is -3.88. The first-order chi connectivity index (χ1) is 68.1. The molecule has 780 valence electrons. The first kappa shape index (κ1) is 113. The lowest BCUT2D eigenvalue weighted by atomic mass is 9.96. The van der Waals surface area contributed by atoms with E-state index in [1.807, 2.05) is 75.1 Å². The fourth-order valence-electron chi connectivity index (χ4n) is 20.7. The van der Waals surface area contributed by atoms with Crippen molar-refractivity contribution < 1.29 is 126 Å². The molecule has 0 aromatic heterocycles. The van der Waals surface area contributed by atoms with E-state index in [2.05, 4.69) is 62.8 Å². The van der Waals surface area contributed by atoms with Gasteiger partial charge in [-0.05, 0) is 166 Å². The Morgan fingerprint density at radius 3 is 1.08 bits per heavy atom. The van der Waals surface area contributed by atoms with E-state index >= 15 is 0 Å². The van der Waals surface area contributed by atoms with Gasteiger partial charge in [-0.3, -0.25) is 38.6 Å². The predicted molar refractivity (Wildman–Crippen MR) is 516 cm³/mol. The quantitative estimate of drug-likeness (QED) is 0.0110. The summed E-state index contributed by atoms with van der Waals surface area (Å²) in [6.07, 6.45) is 23.4. The van der Waals surface area contributed by atoms with E-state index in [0.717, 1.165) is 99.6 Å². The third kappa shape index (κ3) is 31.7. The van der Waals surface area contributed by atoms with E-state index in [1.165, 1.54) is 134 Å². The zero-order chi connectivity index (χ0) is 102. The van der Waals surface area contributed by atoms with Gasteiger partial charge >= 0.3 is 46.5 Å². The van der Waals surface area contributed by atoms with Gasteiger partial charge in [-0.15, -0.1) is 4.28 Å². The van der Waals surface area contributed by atoms with E-state index in [0.29, 0.717) is 146 Å². The maximum Gasteiger partial charge on any atom is 0.418 e. The molecule has 15 fully saturated rings. The van der Waals surface area contributed by atoms with Crippen molar-refractivity contribution >= 4 is 135 Å². The second-order valence-electron chi connectivity index (χ2n) is 38.4. The van der Waals surface area contributed by atoms with Crippen LogP contribution in [-0.2, 0) is 95.4 Å². The SMILES string of the molecule is CCCC[N+](CCCC)(CCCC)CCCC.N[C@@H]1CCN([B]C=O)C1.O=C(N[C@@H]1CCNC1)[C@@H]1CC[C@@H]2CN1C(=O)N2OS(=O)(=O)O.O=C(O)[C@@H]1CC[C@@H]2CN1C(=O)N2OCc1ccccc1.O=C[B]N1CC[C@@H](NC(=O)[C@@H]2CC[C@@H]3CN2C(=O)N3O)C1.O=C[B]N1CC[C@@H](NC(=O)[C@@H]2CC[C@@H]3CN2C(=O)N3OCc2ccccc2)C1.O=C[B]N1CC[C@@H](NC(=O)[C@@H]2CC[C@@H]3CN2C(=O)N3OS(=O)(=O)[O-])C1. The first-order valence-corrected chi connectivity index (χ1v) is 52.5. The van der Waals surface area contributed by atoms with E-state index in [9.17, 15) is 93.7 Å². The molecule has 15 aliphatic rings. The van der Waals surface area contributed by atoms with Crippen LogP contribution in [0.15, 0.2) is 60.7 Å². The molecule has 15 heterocycles. The van der Waals surface area contributed by atoms with Crippen LogP contribution in [0.4, 0.5) is 24.0 Å². The van der Waals surface area contributed by atoms with E-state index in [-0.39, 0.29) is 97.1 Å². The molecule has 53 heteroatoms. The number of hydroxylamine groups is 10. The topological polar surface area (TPSA) is 559 Å². The zero-order valence-electron chi connectivity index (χ0n) is 81.5. The van der Waals surface area contributed by atoms with Crippen LogP contribution in [0.3, 0.4) is 0 Å². The molecule has 14 amide bonds. The number of fused-ring (bicyclic) bond motifs is 10. The monoisotopic (exact) mass is 2030 g/mol. The van der Waals surface area contributed by atoms with Crippen LogP contribution in [-0.4, -0.2) is 439 Å². The molecule has 15 aliphatic heterocycles. The summed E-state index contributed by atoms with van der Waals surface area (Å²) in [5.74, 6) is -1.81. The molecule has 15 saturated heterocycles. The van der Waals surface area contributed by atoms with Crippen LogP contribution in [0, 0.1) is 0 Å². The third-order valence-corrected chi connectivity index (χ3v) is 29.0. The number of aliphatic carboxylic acids is 1. The molecule has 10 N–H and O–H groups in total. The van der Waals surface area contributed by atoms with Crippen molar-refractivity contribution in [2.75, 3.05) is 124 Å². The van der Waals surface area contributed by atoms with Crippen molar-refractivity contribution in [3.8, 4) is 0 Å². The Hall–Kier alpha value is -9.58. The van der Waals surface area contributed by atoms with Gasteiger partial charge in [-0.1, -0.05) is 114 Å². The second-order valence-corrected chi connectivity index (χ2v) is 40.4. The average molecular weight is 2030 g/mol. The van der Waals surface area contributed by atoms with Crippen molar-refractivity contribution in [1.29, 1.82) is 0 Å². The largest absolute Gasteiger partial charge is 0.724 e. The molecule has 47 nitrogen and oxygen atoms in total. The number of benzene rings is 2. The molecule has 17 rings (SSSR count). The molecule has 0 saturated carbocycles. The van der Waals surface area contributed by atoms with Gasteiger partial charge in [0, 0.05) is 95.7 Å². The first-order valence-electron chi connectivity index (χ1n) is 49.8. The second kappa shape index (κ2) is 54.6. The Morgan fingerprint density at radius 1 is 0.430 bits per heavy atom. The smallest absolute Gasteiger partial charge is 0.418 e. The summed E-state index contributed by atoms with van der Waals surface area (Å²) in [5, 5.41) is 38.3. The maximum atomic E-state index is 12.8. The lowest BCUT2D eigenvalue weighted by Gasteiger charge is -2.39. The Morgan fingerprint density at radius 2 is 0.746 bits per heavy atom. The fraction of sp³-hybridized carbons (Fsp3) is 0.708. The molecule has 0 aliphatic carbocycles. The van der Waals surface area contributed by atoms with Crippen molar-refractivity contribution in [2.24, 2.45) is 5.73 Å². The minimum Gasteiger partial charge on any atom is -0.724 e. The Balaban J connectivity index is 0.000000161. The minimum atomic E-state index is -5.06. The fourth-order valence-corrected chi connectivity index (χ4v) is 21.5. The molecule has 10 bridgehead atoms. The van der Waals surface area contributed by atoms with E-state index in [4.69, 9.17) is 25.1 Å². The molecule has 2 aromatic carbocycles. The number of nitrogens with zero attached hydrogens (tertiary/aromatic N) is 15. The number of carboxylic acids is 1. The van der Waals surface area contributed by atoms with Crippen LogP contribution < -0.4 is 32.3 Å². The van der Waals surface area contributed by atoms with Crippen LogP contribution in [0.25, 0.3) is 0 Å². The van der Waals surface area contributed by atoms with Gasteiger partial charge in [0.25, 0.3) is 29.7 Å². The highest BCUT2D eigenvalue weighted by Gasteiger charge is 2.54. The van der Waals surface area contributed by atoms with Crippen LogP contribution >= 0.6 is 0 Å². The van der Waals surface area contributed by atoms with E-state index < -0.39 is 87.2 Å². The number of quaternary nitrogens is 1. The number of amides is 14. The number of hydrogen-bond donors (Lipinski definition) is 9. The summed E-state index contributed by atoms with van der Waals surface area (Å²) in [6, 6.07) is 12.6. The highest BCUT2D eigenvalue weighted by Crippen LogP contribution is 2.37. The summed E-state index contributed by atoms with van der Waals surface area (Å²) in [6.45, 7) is 24.6. The molecule has 15 atom stereocenters. The maximum absolute atomic E-state index is 12.8. The van der Waals surface area contributed by atoms with Gasteiger partial charge in [-0.25, -0.2) is 42.2 Å². The highest BCUT2D eigenvalue weighted by atomic mass is 32.3. The minimum absolute atomic E-state index is 0.00422. The summed E-state index contributed by atoms with van der Waals surface area (Å²) in [4.78, 5) is 190. The lowest BCUT2D eigenvalue weighted by molar-refractivity contribution is -0.929. The highest BCUT2D eigenvalue weighted by molar-refractivity contribution is 7.81. The van der Waals surface area contributed by atoms with Crippen LogP contribution in [0.1, 0.15) is 187 Å². The number of unbranched alkanes of at least 4 members (excludes halogenated alkanes) is 4. The van der Waals surface area contributed by atoms with Gasteiger partial charge < -0.3 is 109 Å². The molecular formula is C89H139B4N21O26S2. The number of hydrogen-bond acceptors (Lipinski definition) is 30. The molecule has 0 spiro atoms. The Labute approximate surface area is 833 Å².